The van der Waals surface area contributed by atoms with E-state index in [1.165, 1.54) is 0 Å². The van der Waals surface area contributed by atoms with Gasteiger partial charge in [-0.1, -0.05) is 12.1 Å². The molecule has 5 nitrogen and oxygen atoms in total. The predicted octanol–water partition coefficient (Wildman–Crippen LogP) is 2.37. The van der Waals surface area contributed by atoms with E-state index >= 15 is 0 Å². The predicted molar refractivity (Wildman–Crippen MR) is 73.0 cm³/mol. The lowest BCUT2D eigenvalue weighted by Gasteiger charge is -2.20. The molecule has 0 bridgehead atoms. The largest absolute Gasteiger partial charge is 0.497 e. The molecule has 0 saturated carbocycles. The van der Waals surface area contributed by atoms with Gasteiger partial charge >= 0.3 is 0 Å². The maximum absolute atomic E-state index is 5.79. The molecule has 5 heteroatoms. The standard InChI is InChI=1S/C14H19N3O2/c1-4-14(2,9-15)13-16-12(17-19-13)10-5-7-11(18-3)8-6-10/h5-8H,4,9,15H2,1-3H3. The lowest BCUT2D eigenvalue weighted by Crippen LogP contribution is -2.31. The topological polar surface area (TPSA) is 74.2 Å². The van der Waals surface area contributed by atoms with Gasteiger partial charge in [0.05, 0.1) is 12.5 Å². The molecule has 19 heavy (non-hydrogen) atoms. The Hall–Kier alpha value is -1.88. The number of nitrogens with two attached hydrogens (primary N) is 1. The first-order valence-corrected chi connectivity index (χ1v) is 6.31. The Balaban J connectivity index is 2.29. The highest BCUT2D eigenvalue weighted by atomic mass is 16.5. The van der Waals surface area contributed by atoms with Crippen LogP contribution < -0.4 is 10.5 Å². The Bertz CT molecular complexity index is 530. The quantitative estimate of drug-likeness (QED) is 0.894. The van der Waals surface area contributed by atoms with Crippen LogP contribution in [0.1, 0.15) is 26.2 Å². The normalized spacial score (nSPS) is 14.1. The minimum Gasteiger partial charge on any atom is -0.497 e. The van der Waals surface area contributed by atoms with E-state index in [-0.39, 0.29) is 5.41 Å². The van der Waals surface area contributed by atoms with Crippen LogP contribution >= 0.6 is 0 Å². The summed E-state index contributed by atoms with van der Waals surface area (Å²) in [5.41, 5.74) is 6.42. The van der Waals surface area contributed by atoms with Crippen LogP contribution in [0.25, 0.3) is 11.4 Å². The van der Waals surface area contributed by atoms with Crippen LogP contribution in [0.3, 0.4) is 0 Å². The number of aromatic nitrogens is 2. The average molecular weight is 261 g/mol. The molecule has 0 aliphatic heterocycles. The molecule has 0 amide bonds. The fourth-order valence-corrected chi connectivity index (χ4v) is 1.71. The van der Waals surface area contributed by atoms with E-state index in [1.807, 2.05) is 31.2 Å². The number of nitrogens with zero attached hydrogens (tertiary/aromatic N) is 2. The lowest BCUT2D eigenvalue weighted by molar-refractivity contribution is 0.291. The first kappa shape index (κ1) is 13.5. The summed E-state index contributed by atoms with van der Waals surface area (Å²) in [6, 6.07) is 7.54. The summed E-state index contributed by atoms with van der Waals surface area (Å²) in [6.45, 7) is 4.57. The van der Waals surface area contributed by atoms with Crippen LogP contribution in [0.5, 0.6) is 5.75 Å². The molecule has 2 rings (SSSR count). The van der Waals surface area contributed by atoms with E-state index in [1.54, 1.807) is 7.11 Å². The van der Waals surface area contributed by atoms with Crippen molar-refractivity contribution in [2.24, 2.45) is 5.73 Å². The van der Waals surface area contributed by atoms with Crippen molar-refractivity contribution in [2.75, 3.05) is 13.7 Å². The van der Waals surface area contributed by atoms with E-state index < -0.39 is 0 Å². The Morgan fingerprint density at radius 1 is 1.32 bits per heavy atom. The third-order valence-corrected chi connectivity index (χ3v) is 3.52. The summed E-state index contributed by atoms with van der Waals surface area (Å²) in [6.07, 6.45) is 0.855. The van der Waals surface area contributed by atoms with E-state index in [4.69, 9.17) is 15.0 Å². The number of hydrogen-bond donors (Lipinski definition) is 1. The molecule has 1 unspecified atom stereocenters. The maximum atomic E-state index is 5.79. The first-order valence-electron chi connectivity index (χ1n) is 6.31. The third-order valence-electron chi connectivity index (χ3n) is 3.52. The molecule has 2 N–H and O–H groups in total. The Morgan fingerprint density at radius 2 is 2.00 bits per heavy atom. The van der Waals surface area contributed by atoms with Gasteiger partial charge < -0.3 is 15.0 Å². The highest BCUT2D eigenvalue weighted by Crippen LogP contribution is 2.27. The van der Waals surface area contributed by atoms with Gasteiger partial charge in [0.15, 0.2) is 0 Å². The molecule has 102 valence electrons. The molecule has 0 radical (unpaired) electrons. The molecule has 1 aromatic carbocycles. The molecule has 2 aromatic rings. The number of ether oxygens (including phenoxy) is 1. The summed E-state index contributed by atoms with van der Waals surface area (Å²) in [4.78, 5) is 4.45. The smallest absolute Gasteiger partial charge is 0.234 e. The maximum Gasteiger partial charge on any atom is 0.234 e. The minimum atomic E-state index is -0.266. The molecule has 0 aliphatic rings. The van der Waals surface area contributed by atoms with Crippen molar-refractivity contribution in [3.63, 3.8) is 0 Å². The second-order valence-corrected chi connectivity index (χ2v) is 4.77. The first-order chi connectivity index (χ1) is 9.12. The summed E-state index contributed by atoms with van der Waals surface area (Å²) in [5, 5.41) is 4.02. The highest BCUT2D eigenvalue weighted by molar-refractivity contribution is 5.55. The minimum absolute atomic E-state index is 0.266. The van der Waals surface area contributed by atoms with E-state index in [0.717, 1.165) is 17.7 Å². The van der Waals surface area contributed by atoms with Gasteiger partial charge in [-0.25, -0.2) is 0 Å². The van der Waals surface area contributed by atoms with Crippen molar-refractivity contribution < 1.29 is 9.26 Å². The van der Waals surface area contributed by atoms with Gasteiger partial charge in [0.1, 0.15) is 5.75 Å². The summed E-state index contributed by atoms with van der Waals surface area (Å²) < 4.78 is 10.5. The number of benzene rings is 1. The summed E-state index contributed by atoms with van der Waals surface area (Å²) >= 11 is 0. The second-order valence-electron chi connectivity index (χ2n) is 4.77. The summed E-state index contributed by atoms with van der Waals surface area (Å²) in [7, 11) is 1.63. The molecule has 1 heterocycles. The van der Waals surface area contributed by atoms with Crippen molar-refractivity contribution in [3.8, 4) is 17.1 Å². The van der Waals surface area contributed by atoms with Gasteiger partial charge in [-0.2, -0.15) is 4.98 Å². The second kappa shape index (κ2) is 5.40. The number of methoxy groups -OCH3 is 1. The monoisotopic (exact) mass is 261 g/mol. The van der Waals surface area contributed by atoms with Crippen LogP contribution in [-0.2, 0) is 5.41 Å². The average Bonchev–Trinajstić information content (AvgIpc) is 2.97. The fourth-order valence-electron chi connectivity index (χ4n) is 1.71. The Labute approximate surface area is 112 Å². The zero-order chi connectivity index (χ0) is 13.9. The van der Waals surface area contributed by atoms with E-state index in [9.17, 15) is 0 Å². The van der Waals surface area contributed by atoms with Crippen molar-refractivity contribution >= 4 is 0 Å². The van der Waals surface area contributed by atoms with Crippen molar-refractivity contribution in [3.05, 3.63) is 30.2 Å². The van der Waals surface area contributed by atoms with E-state index in [2.05, 4.69) is 17.1 Å². The van der Waals surface area contributed by atoms with E-state index in [0.29, 0.717) is 18.3 Å². The van der Waals surface area contributed by atoms with Crippen LogP contribution in [0.2, 0.25) is 0 Å². The Kier molecular flexibility index (Phi) is 3.85. The molecule has 1 atom stereocenters. The third kappa shape index (κ3) is 2.61. The lowest BCUT2D eigenvalue weighted by atomic mass is 9.88. The summed E-state index contributed by atoms with van der Waals surface area (Å²) in [5.74, 6) is 1.96. The van der Waals surface area contributed by atoms with Gasteiger partial charge in [0.2, 0.25) is 11.7 Å². The zero-order valence-electron chi connectivity index (χ0n) is 11.5. The van der Waals surface area contributed by atoms with Gasteiger partial charge in [0.25, 0.3) is 0 Å². The van der Waals surface area contributed by atoms with Crippen LogP contribution in [0.4, 0.5) is 0 Å². The number of hydrogen-bond acceptors (Lipinski definition) is 5. The van der Waals surface area contributed by atoms with Gasteiger partial charge in [-0.05, 0) is 37.6 Å². The molecule has 1 aromatic heterocycles. The molecular weight excluding hydrogens is 242 g/mol. The fraction of sp³-hybridized carbons (Fsp3) is 0.429. The van der Waals surface area contributed by atoms with Crippen molar-refractivity contribution in [1.29, 1.82) is 0 Å². The molecular formula is C14H19N3O2. The molecule has 0 fully saturated rings. The zero-order valence-corrected chi connectivity index (χ0v) is 11.5. The van der Waals surface area contributed by atoms with Gasteiger partial charge in [-0.15, -0.1) is 0 Å². The Morgan fingerprint density at radius 3 is 2.53 bits per heavy atom. The van der Waals surface area contributed by atoms with Gasteiger partial charge in [-0.3, -0.25) is 0 Å². The van der Waals surface area contributed by atoms with Gasteiger partial charge in [0, 0.05) is 12.1 Å². The molecule has 0 aliphatic carbocycles. The SMILES string of the molecule is CCC(C)(CN)c1nc(-c2ccc(OC)cc2)no1. The molecule has 0 spiro atoms. The van der Waals surface area contributed by atoms with Crippen molar-refractivity contribution in [1.82, 2.24) is 10.1 Å². The van der Waals surface area contributed by atoms with Crippen LogP contribution in [0, 0.1) is 0 Å². The van der Waals surface area contributed by atoms with Crippen LogP contribution in [-0.4, -0.2) is 23.8 Å². The van der Waals surface area contributed by atoms with Crippen molar-refractivity contribution in [2.45, 2.75) is 25.7 Å². The number of rotatable bonds is 5. The molecule has 0 saturated heterocycles. The highest BCUT2D eigenvalue weighted by Gasteiger charge is 2.29. The van der Waals surface area contributed by atoms with Crippen LogP contribution in [0.15, 0.2) is 28.8 Å².